The third kappa shape index (κ3) is 5.30. The van der Waals surface area contributed by atoms with Crippen molar-refractivity contribution in [2.24, 2.45) is 5.92 Å². The molecule has 0 saturated carbocycles. The number of methoxy groups -OCH3 is 1. The summed E-state index contributed by atoms with van der Waals surface area (Å²) >= 11 is 0. The van der Waals surface area contributed by atoms with Gasteiger partial charge in [0.25, 0.3) is 0 Å². The molecule has 5 heterocycles. The molecule has 0 spiro atoms. The minimum atomic E-state index is -4.26. The number of alkyl halides is 3. The lowest BCUT2D eigenvalue weighted by Gasteiger charge is -2.40. The van der Waals surface area contributed by atoms with E-state index in [1.807, 2.05) is 12.1 Å². The summed E-state index contributed by atoms with van der Waals surface area (Å²) in [5.41, 5.74) is 2.96. The zero-order chi connectivity index (χ0) is 27.3. The van der Waals surface area contributed by atoms with Crippen LogP contribution in [0.15, 0.2) is 30.5 Å². The van der Waals surface area contributed by atoms with Crippen LogP contribution in [0, 0.1) is 11.7 Å². The van der Waals surface area contributed by atoms with Crippen molar-refractivity contribution in [1.29, 1.82) is 0 Å². The van der Waals surface area contributed by atoms with E-state index in [9.17, 15) is 22.4 Å². The van der Waals surface area contributed by atoms with E-state index < -0.39 is 24.5 Å². The number of benzene rings is 1. The molecular weight excluding hydrogens is 514 g/mol. The minimum absolute atomic E-state index is 0.129. The maximum atomic E-state index is 14.2. The van der Waals surface area contributed by atoms with Crippen LogP contribution in [0.3, 0.4) is 0 Å². The standard InChI is InChI=1S/C28H33F4N5O2/c1-39-23-11-20-2-3-21(12-23)37(20)22-4-5-24-25(13-22)36(15-18-10-19(29)14-33-26(18)34-24)27(38)17-6-8-35(9-7-17)16-28(30,31)32/h4-5,10,13-14,17,20-21,23H,2-3,6-9,11-12,15-16H2,1H3,(H,33,34)/t20-,21+,23?. The number of anilines is 4. The molecular formula is C28H33F4N5O2. The molecule has 7 nitrogen and oxygen atoms in total. The molecule has 2 bridgehead atoms. The number of carbonyl (C=O) groups is 1. The third-order valence-corrected chi connectivity index (χ3v) is 8.71. The Hall–Kier alpha value is -2.92. The number of hydrogen-bond donors (Lipinski definition) is 1. The number of ether oxygens (including phenoxy) is 1. The van der Waals surface area contributed by atoms with Crippen LogP contribution in [0.25, 0.3) is 0 Å². The van der Waals surface area contributed by atoms with E-state index in [1.54, 1.807) is 12.0 Å². The van der Waals surface area contributed by atoms with Crippen LogP contribution in [-0.2, 0) is 16.1 Å². The summed E-state index contributed by atoms with van der Waals surface area (Å²) in [6.45, 7) is -0.420. The van der Waals surface area contributed by atoms with Gasteiger partial charge in [0.2, 0.25) is 5.91 Å². The van der Waals surface area contributed by atoms with Crippen LogP contribution in [0.4, 0.5) is 40.4 Å². The summed E-state index contributed by atoms with van der Waals surface area (Å²) in [4.78, 5) is 23.7. The van der Waals surface area contributed by atoms with Gasteiger partial charge in [0, 0.05) is 36.4 Å². The lowest BCUT2D eigenvalue weighted by molar-refractivity contribution is -0.149. The van der Waals surface area contributed by atoms with Gasteiger partial charge in [0.15, 0.2) is 0 Å². The summed E-state index contributed by atoms with van der Waals surface area (Å²) in [6, 6.07) is 8.13. The second-order valence-electron chi connectivity index (χ2n) is 11.2. The number of likely N-dealkylation sites (tertiary alicyclic amines) is 1. The average Bonchev–Trinajstić information content (AvgIpc) is 3.07. The first-order valence-corrected chi connectivity index (χ1v) is 13.7. The highest BCUT2D eigenvalue weighted by atomic mass is 19.4. The van der Waals surface area contributed by atoms with Crippen molar-refractivity contribution < 1.29 is 27.1 Å². The minimum Gasteiger partial charge on any atom is -0.381 e. The molecule has 4 aliphatic heterocycles. The Morgan fingerprint density at radius 1 is 1.10 bits per heavy atom. The molecule has 1 aromatic carbocycles. The van der Waals surface area contributed by atoms with Crippen LogP contribution in [0.1, 0.15) is 44.1 Å². The molecule has 210 valence electrons. The number of piperidine rings is 2. The van der Waals surface area contributed by atoms with Crippen molar-refractivity contribution in [3.8, 4) is 0 Å². The van der Waals surface area contributed by atoms with E-state index in [0.29, 0.717) is 47.7 Å². The van der Waals surface area contributed by atoms with Crippen LogP contribution >= 0.6 is 0 Å². The van der Waals surface area contributed by atoms with Crippen molar-refractivity contribution in [2.75, 3.05) is 41.9 Å². The van der Waals surface area contributed by atoms with Gasteiger partial charge in [-0.15, -0.1) is 0 Å². The summed E-state index contributed by atoms with van der Waals surface area (Å²) in [5, 5.41) is 3.29. The molecule has 3 fully saturated rings. The number of fused-ring (bicyclic) bond motifs is 4. The van der Waals surface area contributed by atoms with E-state index in [0.717, 1.165) is 37.6 Å². The highest BCUT2D eigenvalue weighted by Crippen LogP contribution is 2.44. The van der Waals surface area contributed by atoms with Gasteiger partial charge in [0.1, 0.15) is 11.6 Å². The number of nitrogens with zero attached hydrogens (tertiary/aromatic N) is 4. The third-order valence-electron chi connectivity index (χ3n) is 8.71. The van der Waals surface area contributed by atoms with E-state index in [4.69, 9.17) is 4.74 Å². The Kier molecular flexibility index (Phi) is 6.91. The summed E-state index contributed by atoms with van der Waals surface area (Å²) < 4.78 is 58.5. The Bertz CT molecular complexity index is 1220. The van der Waals surface area contributed by atoms with Gasteiger partial charge >= 0.3 is 6.18 Å². The van der Waals surface area contributed by atoms with Gasteiger partial charge in [-0.25, -0.2) is 9.37 Å². The largest absolute Gasteiger partial charge is 0.401 e. The number of pyridine rings is 1. The smallest absolute Gasteiger partial charge is 0.381 e. The number of nitrogens with one attached hydrogen (secondary N) is 1. The van der Waals surface area contributed by atoms with Crippen LogP contribution < -0.4 is 15.1 Å². The molecule has 11 heteroatoms. The quantitative estimate of drug-likeness (QED) is 0.529. The fourth-order valence-electron chi connectivity index (χ4n) is 6.86. The van der Waals surface area contributed by atoms with Gasteiger partial charge in [-0.2, -0.15) is 13.2 Å². The normalized spacial score (nSPS) is 25.6. The SMILES string of the molecule is COC1C[C@H]2CC[C@@H](C1)N2c1ccc2c(c1)N(C(=O)C1CCN(CC(F)(F)F)CC1)Cc1cc(F)cnc1N2. The number of carbonyl (C=O) groups excluding carboxylic acids is 1. The fourth-order valence-corrected chi connectivity index (χ4v) is 6.86. The first-order chi connectivity index (χ1) is 18.7. The molecule has 0 radical (unpaired) electrons. The highest BCUT2D eigenvalue weighted by molar-refractivity contribution is 6.00. The predicted molar refractivity (Wildman–Crippen MR) is 140 cm³/mol. The van der Waals surface area contributed by atoms with E-state index in [1.165, 1.54) is 11.0 Å². The Morgan fingerprint density at radius 3 is 2.49 bits per heavy atom. The molecule has 1 aromatic heterocycles. The number of rotatable bonds is 4. The summed E-state index contributed by atoms with van der Waals surface area (Å²) in [7, 11) is 1.76. The molecule has 3 atom stereocenters. The van der Waals surface area contributed by atoms with Crippen LogP contribution in [0.2, 0.25) is 0 Å². The zero-order valence-corrected chi connectivity index (χ0v) is 21.9. The monoisotopic (exact) mass is 547 g/mol. The zero-order valence-electron chi connectivity index (χ0n) is 21.9. The van der Waals surface area contributed by atoms with Crippen LogP contribution in [0.5, 0.6) is 0 Å². The molecule has 3 saturated heterocycles. The van der Waals surface area contributed by atoms with Crippen molar-refractivity contribution in [3.63, 3.8) is 0 Å². The first kappa shape index (κ1) is 26.3. The second kappa shape index (κ2) is 10.2. The molecule has 1 unspecified atom stereocenters. The predicted octanol–water partition coefficient (Wildman–Crippen LogP) is 5.23. The lowest BCUT2D eigenvalue weighted by atomic mass is 9.94. The molecule has 2 aromatic rings. The van der Waals surface area contributed by atoms with E-state index in [-0.39, 0.29) is 31.6 Å². The molecule has 4 aliphatic rings. The van der Waals surface area contributed by atoms with Crippen molar-refractivity contribution >= 4 is 28.8 Å². The maximum Gasteiger partial charge on any atom is 0.401 e. The topological polar surface area (TPSA) is 60.9 Å². The Balaban J connectivity index is 1.30. The van der Waals surface area contributed by atoms with Gasteiger partial charge in [0.05, 0.1) is 36.8 Å². The number of aromatic nitrogens is 1. The van der Waals surface area contributed by atoms with E-state index >= 15 is 0 Å². The van der Waals surface area contributed by atoms with Gasteiger partial charge in [-0.05, 0) is 75.9 Å². The molecule has 0 aliphatic carbocycles. The highest BCUT2D eigenvalue weighted by Gasteiger charge is 2.42. The van der Waals surface area contributed by atoms with Crippen molar-refractivity contribution in [3.05, 3.63) is 41.8 Å². The van der Waals surface area contributed by atoms with Gasteiger partial charge < -0.3 is 19.9 Å². The number of hydrogen-bond acceptors (Lipinski definition) is 6. The van der Waals surface area contributed by atoms with Crippen molar-refractivity contribution in [1.82, 2.24) is 9.88 Å². The van der Waals surface area contributed by atoms with Gasteiger partial charge in [-0.3, -0.25) is 9.69 Å². The van der Waals surface area contributed by atoms with Crippen molar-refractivity contribution in [2.45, 2.75) is 69.4 Å². The fraction of sp³-hybridized carbons (Fsp3) is 0.571. The second-order valence-corrected chi connectivity index (χ2v) is 11.2. The molecule has 39 heavy (non-hydrogen) atoms. The van der Waals surface area contributed by atoms with E-state index in [2.05, 4.69) is 21.3 Å². The first-order valence-electron chi connectivity index (χ1n) is 13.7. The molecule has 1 N–H and O–H groups in total. The summed E-state index contributed by atoms with van der Waals surface area (Å²) in [6.07, 6.45) is 1.91. The maximum absolute atomic E-state index is 14.2. The summed E-state index contributed by atoms with van der Waals surface area (Å²) in [5.74, 6) is -0.572. The Labute approximate surface area is 225 Å². The molecule has 6 rings (SSSR count). The number of halogens is 4. The van der Waals surface area contributed by atoms with Gasteiger partial charge in [-0.1, -0.05) is 0 Å². The molecule has 1 amide bonds. The number of amides is 1. The Morgan fingerprint density at radius 2 is 1.82 bits per heavy atom. The van der Waals surface area contributed by atoms with Crippen LogP contribution in [-0.4, -0.2) is 66.9 Å². The lowest BCUT2D eigenvalue weighted by Crippen LogP contribution is -2.46. The average molecular weight is 548 g/mol.